The van der Waals surface area contributed by atoms with E-state index >= 15 is 0 Å². The van der Waals surface area contributed by atoms with Crippen LogP contribution in [0.25, 0.3) is 0 Å². The molecule has 0 aliphatic carbocycles. The summed E-state index contributed by atoms with van der Waals surface area (Å²) in [5, 5.41) is 16.7. The predicted octanol–water partition coefficient (Wildman–Crippen LogP) is -3.56. The Morgan fingerprint density at radius 1 is 1.12 bits per heavy atom. The summed E-state index contributed by atoms with van der Waals surface area (Å²) in [6.45, 7) is 0. The molecular formula is CH2CaMgO5. The van der Waals surface area contributed by atoms with Crippen LogP contribution in [0, 0.1) is 0 Å². The minimum absolute atomic E-state index is 0. The maximum Gasteiger partial charge on any atom is 2.00 e. The fraction of sp³-hybridized carbons (Fsp3) is 0. The molecule has 0 bridgehead atoms. The molecule has 0 rings (SSSR count). The molecule has 0 aromatic carbocycles. The summed E-state index contributed by atoms with van der Waals surface area (Å²) >= 11 is 0. The minimum Gasteiger partial charge on any atom is -0.870 e. The van der Waals surface area contributed by atoms with E-state index in [0.29, 0.717) is 0 Å². The molecule has 0 radical (unpaired) electrons. The molecule has 0 fully saturated rings. The van der Waals surface area contributed by atoms with Crippen LogP contribution in [-0.4, -0.2) is 77.9 Å². The zero-order valence-electron chi connectivity index (χ0n) is 4.03. The van der Waals surface area contributed by atoms with E-state index in [2.05, 4.69) is 0 Å². The maximum atomic E-state index is 8.33. The molecule has 0 unspecified atom stereocenters. The van der Waals surface area contributed by atoms with Gasteiger partial charge in [0.25, 0.3) is 0 Å². The molecule has 0 saturated carbocycles. The largest absolute Gasteiger partial charge is 2.00 e. The van der Waals surface area contributed by atoms with Crippen LogP contribution < -0.4 is 10.2 Å². The second-order valence-corrected chi connectivity index (χ2v) is 0.250. The number of carbonyl (C=O) groups excluding carboxylic acids is 1. The first kappa shape index (κ1) is 35.0. The third kappa shape index (κ3) is 189. The van der Waals surface area contributed by atoms with Crippen molar-refractivity contribution < 1.29 is 26.0 Å². The average molecular weight is 158 g/mol. The molecule has 0 aromatic rings. The molecule has 0 amide bonds. The van der Waals surface area contributed by atoms with Gasteiger partial charge in [-0.1, -0.05) is 0 Å². The Morgan fingerprint density at radius 3 is 1.12 bits per heavy atom. The van der Waals surface area contributed by atoms with Crippen LogP contribution in [0.1, 0.15) is 0 Å². The van der Waals surface area contributed by atoms with Crippen LogP contribution >= 0.6 is 0 Å². The van der Waals surface area contributed by atoms with Crippen molar-refractivity contribution in [1.29, 1.82) is 0 Å². The Morgan fingerprint density at radius 2 is 1.12 bits per heavy atom. The molecule has 0 aliphatic heterocycles. The van der Waals surface area contributed by atoms with Gasteiger partial charge in [0, 0.05) is 0 Å². The first-order chi connectivity index (χ1) is 1.73. The summed E-state index contributed by atoms with van der Waals surface area (Å²) in [5.74, 6) is 0. The van der Waals surface area contributed by atoms with Crippen LogP contribution in [0.5, 0.6) is 0 Å². The fourth-order valence-electron chi connectivity index (χ4n) is 0. The van der Waals surface area contributed by atoms with E-state index in [1.54, 1.807) is 0 Å². The minimum atomic E-state index is -2.33. The van der Waals surface area contributed by atoms with Gasteiger partial charge in [0.2, 0.25) is 0 Å². The van der Waals surface area contributed by atoms with E-state index in [-0.39, 0.29) is 71.7 Å². The molecule has 7 heteroatoms. The Balaban J connectivity index is -0.00000000750. The molecule has 5 nitrogen and oxygen atoms in total. The second-order valence-electron chi connectivity index (χ2n) is 0.250. The molecule has 0 atom stereocenters. The van der Waals surface area contributed by atoms with Gasteiger partial charge >= 0.3 is 60.8 Å². The van der Waals surface area contributed by atoms with Crippen LogP contribution in [0.4, 0.5) is 4.79 Å². The zero-order valence-corrected chi connectivity index (χ0v) is 7.66. The maximum absolute atomic E-state index is 8.33. The van der Waals surface area contributed by atoms with Gasteiger partial charge in [0.1, 0.15) is 0 Å². The number of hydrogen-bond donors (Lipinski definition) is 0. The van der Waals surface area contributed by atoms with Crippen molar-refractivity contribution in [2.24, 2.45) is 0 Å². The first-order valence-electron chi connectivity index (χ1n) is 0.612. The summed E-state index contributed by atoms with van der Waals surface area (Å²) < 4.78 is 0. The van der Waals surface area contributed by atoms with Crippen molar-refractivity contribution >= 4 is 66.9 Å². The molecule has 8 heavy (non-hydrogen) atoms. The molecule has 0 aliphatic rings. The third-order valence-electron chi connectivity index (χ3n) is 0. The zero-order chi connectivity index (χ0) is 3.58. The van der Waals surface area contributed by atoms with Gasteiger partial charge in [-0.15, -0.1) is 0 Å². The van der Waals surface area contributed by atoms with Crippen molar-refractivity contribution in [2.45, 2.75) is 0 Å². The van der Waals surface area contributed by atoms with E-state index in [1.165, 1.54) is 0 Å². The van der Waals surface area contributed by atoms with Crippen LogP contribution in [-0.2, 0) is 0 Å². The molecule has 0 spiro atoms. The van der Waals surface area contributed by atoms with E-state index in [4.69, 9.17) is 15.0 Å². The molecule has 2 N–H and O–H groups in total. The second kappa shape index (κ2) is 24.1. The van der Waals surface area contributed by atoms with Crippen molar-refractivity contribution in [3.05, 3.63) is 0 Å². The summed E-state index contributed by atoms with van der Waals surface area (Å²) in [7, 11) is 0. The summed E-state index contributed by atoms with van der Waals surface area (Å²) in [5.41, 5.74) is 0. The Hall–Kier alpha value is 1.22. The van der Waals surface area contributed by atoms with Crippen molar-refractivity contribution in [3.8, 4) is 0 Å². The summed E-state index contributed by atoms with van der Waals surface area (Å²) in [4.78, 5) is 8.33. The molecule has 0 heterocycles. The van der Waals surface area contributed by atoms with Gasteiger partial charge in [0.15, 0.2) is 0 Å². The van der Waals surface area contributed by atoms with Gasteiger partial charge in [-0.3, -0.25) is 0 Å². The fourth-order valence-corrected chi connectivity index (χ4v) is 0. The molecular weight excluding hydrogens is 156 g/mol. The van der Waals surface area contributed by atoms with E-state index in [0.717, 1.165) is 0 Å². The number of rotatable bonds is 0. The summed E-state index contributed by atoms with van der Waals surface area (Å²) in [6.07, 6.45) is -2.33. The first-order valence-corrected chi connectivity index (χ1v) is 0.612. The Labute approximate surface area is 91.8 Å². The van der Waals surface area contributed by atoms with Crippen LogP contribution in [0.2, 0.25) is 0 Å². The number of hydrogen-bond acceptors (Lipinski definition) is 5. The monoisotopic (exact) mass is 158 g/mol. The topological polar surface area (TPSA) is 123 Å². The van der Waals surface area contributed by atoms with Crippen molar-refractivity contribution in [3.63, 3.8) is 0 Å². The van der Waals surface area contributed by atoms with Crippen LogP contribution in [0.3, 0.4) is 0 Å². The van der Waals surface area contributed by atoms with E-state index in [9.17, 15) is 0 Å². The quantitative estimate of drug-likeness (QED) is 0.337. The van der Waals surface area contributed by atoms with Gasteiger partial charge < -0.3 is 26.0 Å². The third-order valence-corrected chi connectivity index (χ3v) is 0. The van der Waals surface area contributed by atoms with Gasteiger partial charge in [-0.05, 0) is 6.16 Å². The molecule has 0 saturated heterocycles. The van der Waals surface area contributed by atoms with Gasteiger partial charge in [-0.2, -0.15) is 0 Å². The number of carbonyl (C=O) groups is 1. The van der Waals surface area contributed by atoms with Gasteiger partial charge in [-0.25, -0.2) is 0 Å². The van der Waals surface area contributed by atoms with Crippen LogP contribution in [0.15, 0.2) is 0 Å². The predicted molar refractivity (Wildman–Crippen MR) is 20.8 cm³/mol. The normalized spacial score (nSPS) is 3.00. The van der Waals surface area contributed by atoms with Crippen molar-refractivity contribution in [2.75, 3.05) is 0 Å². The average Bonchev–Trinajstić information content (AvgIpc) is 0.811. The standard InChI is InChI=1S/CH2O3.Ca.Mg.2H2O/c2-1(3)4;;;;/h(H2,2,3,4);;;2*1H2/q;2*+2;;/p-4. The molecule has 40 valence electrons. The van der Waals surface area contributed by atoms with E-state index in [1.807, 2.05) is 0 Å². The summed E-state index contributed by atoms with van der Waals surface area (Å²) in [6, 6.07) is 0. The molecule has 0 aromatic heterocycles. The number of carboxylic acid groups (broad SMARTS) is 2. The smallest absolute Gasteiger partial charge is 0.870 e. The SMILES string of the molecule is O=C([O-])[O-].[Ca+2].[Mg+2].[OH-].[OH-]. The Bertz CT molecular complexity index is 35.4. The Kier molecular flexibility index (Phi) is 105. The van der Waals surface area contributed by atoms with Crippen molar-refractivity contribution in [1.82, 2.24) is 0 Å². The van der Waals surface area contributed by atoms with E-state index < -0.39 is 6.16 Å². The van der Waals surface area contributed by atoms with Gasteiger partial charge in [0.05, 0.1) is 0 Å².